The van der Waals surface area contributed by atoms with Crippen molar-refractivity contribution in [2.24, 2.45) is 0 Å². The Hall–Kier alpha value is -2.33. The molecule has 0 aliphatic carbocycles. The van der Waals surface area contributed by atoms with Crippen LogP contribution in [0.25, 0.3) is 10.8 Å². The van der Waals surface area contributed by atoms with Crippen molar-refractivity contribution in [3.05, 3.63) is 64.4 Å². The second-order valence-corrected chi connectivity index (χ2v) is 5.80. The van der Waals surface area contributed by atoms with Gasteiger partial charge in [-0.25, -0.2) is 4.79 Å². The number of anilines is 1. The monoisotopic (exact) mass is 297 g/mol. The van der Waals surface area contributed by atoms with E-state index in [2.05, 4.69) is 22.8 Å². The first-order valence-corrected chi connectivity index (χ1v) is 7.65. The van der Waals surface area contributed by atoms with Gasteiger partial charge in [0.25, 0.3) is 0 Å². The van der Waals surface area contributed by atoms with Crippen LogP contribution in [0.4, 0.5) is 5.69 Å². The van der Waals surface area contributed by atoms with Crippen molar-refractivity contribution in [1.82, 2.24) is 0 Å². The minimum Gasteiger partial charge on any atom is -0.478 e. The highest BCUT2D eigenvalue weighted by atomic mass is 32.1. The fourth-order valence-corrected chi connectivity index (χ4v) is 3.12. The predicted molar refractivity (Wildman–Crippen MR) is 87.4 cm³/mol. The number of aromatic carboxylic acids is 1. The third-order valence-electron chi connectivity index (χ3n) is 3.42. The minimum atomic E-state index is -0.892. The second-order valence-electron chi connectivity index (χ2n) is 4.77. The molecule has 1 heterocycles. The third kappa shape index (κ3) is 2.90. The molecule has 3 rings (SSSR count). The number of thiophene rings is 1. The van der Waals surface area contributed by atoms with Crippen molar-refractivity contribution in [3.8, 4) is 0 Å². The lowest BCUT2D eigenvalue weighted by molar-refractivity contribution is 0.0699. The fraction of sp³-hybridized carbons (Fsp3) is 0.118. The molecule has 0 unspecified atom stereocenters. The van der Waals surface area contributed by atoms with Gasteiger partial charge in [0.2, 0.25) is 0 Å². The Labute approximate surface area is 126 Å². The molecule has 0 aliphatic heterocycles. The molecule has 2 N–H and O–H groups in total. The number of carboxylic acid groups (broad SMARTS) is 1. The van der Waals surface area contributed by atoms with E-state index in [1.165, 1.54) is 4.88 Å². The van der Waals surface area contributed by atoms with Gasteiger partial charge >= 0.3 is 5.97 Å². The molecule has 0 saturated heterocycles. The SMILES string of the molecule is O=C(O)c1ccc(NCCc2cccs2)c2ccccc12. The first-order chi connectivity index (χ1) is 10.3. The van der Waals surface area contributed by atoms with Gasteiger partial charge in [-0.1, -0.05) is 30.3 Å². The molecule has 0 fully saturated rings. The summed E-state index contributed by atoms with van der Waals surface area (Å²) in [6.45, 7) is 0.830. The van der Waals surface area contributed by atoms with Crippen LogP contribution in [-0.2, 0) is 6.42 Å². The molecule has 0 spiro atoms. The lowest BCUT2D eigenvalue weighted by atomic mass is 10.0. The molecule has 0 aliphatic rings. The van der Waals surface area contributed by atoms with Crippen molar-refractivity contribution < 1.29 is 9.90 Å². The van der Waals surface area contributed by atoms with Crippen LogP contribution in [0.15, 0.2) is 53.9 Å². The van der Waals surface area contributed by atoms with Crippen molar-refractivity contribution in [2.75, 3.05) is 11.9 Å². The Morgan fingerprint density at radius 3 is 2.57 bits per heavy atom. The largest absolute Gasteiger partial charge is 0.478 e. The number of nitrogens with one attached hydrogen (secondary N) is 1. The van der Waals surface area contributed by atoms with Crippen LogP contribution in [0.2, 0.25) is 0 Å². The van der Waals surface area contributed by atoms with Gasteiger partial charge < -0.3 is 10.4 Å². The number of hydrogen-bond donors (Lipinski definition) is 2. The Kier molecular flexibility index (Phi) is 3.88. The van der Waals surface area contributed by atoms with Gasteiger partial charge in [-0.05, 0) is 35.4 Å². The van der Waals surface area contributed by atoms with E-state index in [4.69, 9.17) is 0 Å². The van der Waals surface area contributed by atoms with Crippen LogP contribution >= 0.6 is 11.3 Å². The molecule has 2 aromatic carbocycles. The van der Waals surface area contributed by atoms with E-state index in [0.29, 0.717) is 5.56 Å². The number of carbonyl (C=O) groups is 1. The summed E-state index contributed by atoms with van der Waals surface area (Å²) in [6, 6.07) is 15.3. The van der Waals surface area contributed by atoms with Gasteiger partial charge in [-0.3, -0.25) is 0 Å². The molecule has 21 heavy (non-hydrogen) atoms. The van der Waals surface area contributed by atoms with Crippen molar-refractivity contribution >= 4 is 33.8 Å². The van der Waals surface area contributed by atoms with Crippen LogP contribution < -0.4 is 5.32 Å². The molecule has 106 valence electrons. The predicted octanol–water partition coefficient (Wildman–Crippen LogP) is 4.25. The zero-order valence-electron chi connectivity index (χ0n) is 11.4. The van der Waals surface area contributed by atoms with Gasteiger partial charge in [0, 0.05) is 22.5 Å². The number of hydrogen-bond acceptors (Lipinski definition) is 3. The Balaban J connectivity index is 1.85. The maximum Gasteiger partial charge on any atom is 0.336 e. The van der Waals surface area contributed by atoms with E-state index >= 15 is 0 Å². The summed E-state index contributed by atoms with van der Waals surface area (Å²) in [5.41, 5.74) is 1.32. The molecule has 3 aromatic rings. The quantitative estimate of drug-likeness (QED) is 0.740. The zero-order valence-corrected chi connectivity index (χ0v) is 12.2. The smallest absolute Gasteiger partial charge is 0.336 e. The first kappa shape index (κ1) is 13.6. The number of benzene rings is 2. The average molecular weight is 297 g/mol. The molecule has 0 bridgehead atoms. The maximum atomic E-state index is 11.3. The lowest BCUT2D eigenvalue weighted by Crippen LogP contribution is -2.05. The molecule has 3 nitrogen and oxygen atoms in total. The second kappa shape index (κ2) is 5.97. The van der Waals surface area contributed by atoms with Gasteiger partial charge in [-0.2, -0.15) is 0 Å². The number of carboxylic acids is 1. The summed E-state index contributed by atoms with van der Waals surface area (Å²) in [6.07, 6.45) is 0.965. The van der Waals surface area contributed by atoms with Gasteiger partial charge in [0.15, 0.2) is 0 Å². The Morgan fingerprint density at radius 1 is 1.05 bits per heavy atom. The number of fused-ring (bicyclic) bond motifs is 1. The third-order valence-corrected chi connectivity index (χ3v) is 4.36. The average Bonchev–Trinajstić information content (AvgIpc) is 3.00. The maximum absolute atomic E-state index is 11.3. The molecule has 4 heteroatoms. The highest BCUT2D eigenvalue weighted by Crippen LogP contribution is 2.26. The van der Waals surface area contributed by atoms with Gasteiger partial charge in [0.1, 0.15) is 0 Å². The Morgan fingerprint density at radius 2 is 1.86 bits per heavy atom. The molecule has 0 amide bonds. The van der Waals surface area contributed by atoms with E-state index in [-0.39, 0.29) is 0 Å². The molecule has 0 radical (unpaired) electrons. The normalized spacial score (nSPS) is 10.7. The van der Waals surface area contributed by atoms with Crippen molar-refractivity contribution in [1.29, 1.82) is 0 Å². The topological polar surface area (TPSA) is 49.3 Å². The summed E-state index contributed by atoms with van der Waals surface area (Å²) in [5, 5.41) is 16.5. The summed E-state index contributed by atoms with van der Waals surface area (Å²) < 4.78 is 0. The minimum absolute atomic E-state index is 0.342. The van der Waals surface area contributed by atoms with Gasteiger partial charge in [0.05, 0.1) is 5.56 Å². The lowest BCUT2D eigenvalue weighted by Gasteiger charge is -2.11. The molecular weight excluding hydrogens is 282 g/mol. The summed E-state index contributed by atoms with van der Waals surface area (Å²) in [4.78, 5) is 12.6. The highest BCUT2D eigenvalue weighted by molar-refractivity contribution is 7.09. The van der Waals surface area contributed by atoms with Crippen LogP contribution in [0.1, 0.15) is 15.2 Å². The van der Waals surface area contributed by atoms with E-state index in [0.717, 1.165) is 29.4 Å². The van der Waals surface area contributed by atoms with Gasteiger partial charge in [-0.15, -0.1) is 11.3 Å². The highest BCUT2D eigenvalue weighted by Gasteiger charge is 2.10. The van der Waals surface area contributed by atoms with Crippen molar-refractivity contribution in [3.63, 3.8) is 0 Å². The Bertz CT molecular complexity index is 766. The molecule has 0 atom stereocenters. The zero-order chi connectivity index (χ0) is 14.7. The van der Waals surface area contributed by atoms with Crippen LogP contribution in [-0.4, -0.2) is 17.6 Å². The fourth-order valence-electron chi connectivity index (χ4n) is 2.41. The van der Waals surface area contributed by atoms with Crippen molar-refractivity contribution in [2.45, 2.75) is 6.42 Å². The number of rotatable bonds is 5. The summed E-state index contributed by atoms with van der Waals surface area (Å²) >= 11 is 1.75. The van der Waals surface area contributed by atoms with Crippen LogP contribution in [0, 0.1) is 0 Å². The van der Waals surface area contributed by atoms with E-state index < -0.39 is 5.97 Å². The first-order valence-electron chi connectivity index (χ1n) is 6.77. The van der Waals surface area contributed by atoms with E-state index in [9.17, 15) is 9.90 Å². The van der Waals surface area contributed by atoms with Crippen LogP contribution in [0.3, 0.4) is 0 Å². The van der Waals surface area contributed by atoms with Crippen LogP contribution in [0.5, 0.6) is 0 Å². The summed E-state index contributed by atoms with van der Waals surface area (Å²) in [5.74, 6) is -0.892. The molecule has 0 saturated carbocycles. The molecular formula is C17H15NO2S. The van der Waals surface area contributed by atoms with E-state index in [1.807, 2.05) is 30.3 Å². The standard InChI is InChI=1S/C17H15NO2S/c19-17(20)15-7-8-16(14-6-2-1-5-13(14)15)18-10-9-12-4-3-11-21-12/h1-8,11,18H,9-10H2,(H,19,20). The summed E-state index contributed by atoms with van der Waals surface area (Å²) in [7, 11) is 0. The van der Waals surface area contributed by atoms with E-state index in [1.54, 1.807) is 17.4 Å². The molecule has 1 aromatic heterocycles.